The molecule has 0 fully saturated rings. The lowest BCUT2D eigenvalue weighted by Gasteiger charge is -2.13. The molecule has 2 amide bonds. The quantitative estimate of drug-likeness (QED) is 0.265. The van der Waals surface area contributed by atoms with E-state index in [9.17, 15) is 14.0 Å². The van der Waals surface area contributed by atoms with Gasteiger partial charge in [0.05, 0.1) is 32.7 Å². The summed E-state index contributed by atoms with van der Waals surface area (Å²) < 4.78 is 34.6. The second-order valence-corrected chi connectivity index (χ2v) is 7.44. The number of nitrogens with zero attached hydrogens (tertiary/aromatic N) is 1. The molecule has 0 aliphatic heterocycles. The number of ether oxygens (including phenoxy) is 4. The molecule has 0 unspecified atom stereocenters. The second kappa shape index (κ2) is 12.2. The van der Waals surface area contributed by atoms with Crippen LogP contribution in [0, 0.1) is 5.82 Å². The fourth-order valence-electron chi connectivity index (χ4n) is 3.08. The number of anilines is 1. The lowest BCUT2D eigenvalue weighted by atomic mass is 10.1. The minimum Gasteiger partial charge on any atom is -0.497 e. The van der Waals surface area contributed by atoms with Gasteiger partial charge in [0.25, 0.3) is 0 Å². The highest BCUT2D eigenvalue weighted by atomic mass is 19.1. The van der Waals surface area contributed by atoms with Gasteiger partial charge in [-0.05, 0) is 55.0 Å². The summed E-state index contributed by atoms with van der Waals surface area (Å²) >= 11 is 0. The Balaban J connectivity index is 1.63. The molecular weight excluding hydrogens is 469 g/mol. The van der Waals surface area contributed by atoms with Crippen LogP contribution >= 0.6 is 0 Å². The molecule has 36 heavy (non-hydrogen) atoms. The summed E-state index contributed by atoms with van der Waals surface area (Å²) in [5.41, 5.74) is 4.41. The van der Waals surface area contributed by atoms with E-state index < -0.39 is 11.8 Å². The molecule has 0 heterocycles. The van der Waals surface area contributed by atoms with Crippen LogP contribution < -0.4 is 29.7 Å². The average molecular weight is 496 g/mol. The van der Waals surface area contributed by atoms with Gasteiger partial charge in [-0.1, -0.05) is 12.1 Å². The van der Waals surface area contributed by atoms with Crippen molar-refractivity contribution in [3.05, 3.63) is 77.6 Å². The Morgan fingerprint density at radius 3 is 2.22 bits per heavy atom. The molecule has 0 radical (unpaired) electrons. The monoisotopic (exact) mass is 495 g/mol. The molecule has 0 saturated carbocycles. The average Bonchev–Trinajstić information content (AvgIpc) is 2.91. The van der Waals surface area contributed by atoms with Crippen LogP contribution in [0.3, 0.4) is 0 Å². The molecule has 0 bridgehead atoms. The third-order valence-corrected chi connectivity index (χ3v) is 5.08. The first kappa shape index (κ1) is 26.0. The van der Waals surface area contributed by atoms with Gasteiger partial charge in [0.15, 0.2) is 11.5 Å². The number of methoxy groups -OCH3 is 3. The highest BCUT2D eigenvalue weighted by Gasteiger charge is 2.16. The number of hydrogen-bond acceptors (Lipinski definition) is 7. The Kier molecular flexibility index (Phi) is 8.82. The van der Waals surface area contributed by atoms with Gasteiger partial charge >= 0.3 is 11.8 Å². The minimum atomic E-state index is -0.960. The molecule has 0 atom stereocenters. The number of hydrazone groups is 1. The lowest BCUT2D eigenvalue weighted by Crippen LogP contribution is -2.33. The highest BCUT2D eigenvalue weighted by molar-refractivity contribution is 6.39. The first-order valence-electron chi connectivity index (χ1n) is 10.8. The summed E-state index contributed by atoms with van der Waals surface area (Å²) in [5.74, 6) is -0.396. The number of hydrogen-bond donors (Lipinski definition) is 2. The molecule has 0 saturated heterocycles. The maximum Gasteiger partial charge on any atom is 0.329 e. The van der Waals surface area contributed by atoms with E-state index in [2.05, 4.69) is 15.8 Å². The van der Waals surface area contributed by atoms with Crippen molar-refractivity contribution in [1.82, 2.24) is 5.43 Å². The number of amides is 2. The topological polar surface area (TPSA) is 107 Å². The molecule has 0 aliphatic rings. The molecule has 3 aromatic rings. The van der Waals surface area contributed by atoms with Crippen LogP contribution in [0.5, 0.6) is 23.0 Å². The molecule has 10 heteroatoms. The summed E-state index contributed by atoms with van der Waals surface area (Å²) in [6, 6.07) is 15.9. The first-order valence-corrected chi connectivity index (χ1v) is 10.8. The van der Waals surface area contributed by atoms with E-state index >= 15 is 0 Å². The predicted molar refractivity (Wildman–Crippen MR) is 132 cm³/mol. The van der Waals surface area contributed by atoms with Crippen LogP contribution in [0.25, 0.3) is 0 Å². The standard InChI is InChI=1S/C26H26FN3O6/c1-16(29-30-26(32)25(31)28-21-11-10-20(33-2)14-23(21)34-3)18-7-12-22(24(13-18)35-4)36-15-17-5-8-19(27)9-6-17/h5-14H,15H2,1-4H3,(H,28,31)(H,30,32)/b29-16+. The number of carbonyl (C=O) groups excluding carboxylic acids is 2. The van der Waals surface area contributed by atoms with Gasteiger partial charge in [0, 0.05) is 11.6 Å². The number of halogens is 1. The van der Waals surface area contributed by atoms with Gasteiger partial charge in [0.1, 0.15) is 23.9 Å². The van der Waals surface area contributed by atoms with Crippen LogP contribution in [0.2, 0.25) is 0 Å². The van der Waals surface area contributed by atoms with Crippen molar-refractivity contribution < 1.29 is 32.9 Å². The summed E-state index contributed by atoms with van der Waals surface area (Å²) in [7, 11) is 4.44. The molecule has 0 spiro atoms. The maximum atomic E-state index is 13.1. The van der Waals surface area contributed by atoms with Crippen LogP contribution in [-0.2, 0) is 16.2 Å². The Hall–Kier alpha value is -4.60. The smallest absolute Gasteiger partial charge is 0.329 e. The van der Waals surface area contributed by atoms with Crippen molar-refractivity contribution in [1.29, 1.82) is 0 Å². The third-order valence-electron chi connectivity index (χ3n) is 5.08. The molecule has 9 nitrogen and oxygen atoms in total. The van der Waals surface area contributed by atoms with Gasteiger partial charge in [0.2, 0.25) is 0 Å². The molecule has 3 aromatic carbocycles. The van der Waals surface area contributed by atoms with Crippen molar-refractivity contribution >= 4 is 23.2 Å². The van der Waals surface area contributed by atoms with Gasteiger partial charge in [-0.2, -0.15) is 5.10 Å². The van der Waals surface area contributed by atoms with E-state index in [0.29, 0.717) is 40.0 Å². The van der Waals surface area contributed by atoms with Crippen molar-refractivity contribution in [2.24, 2.45) is 5.10 Å². The third kappa shape index (κ3) is 6.72. The molecule has 2 N–H and O–H groups in total. The van der Waals surface area contributed by atoms with E-state index in [1.807, 2.05) is 0 Å². The minimum absolute atomic E-state index is 0.229. The highest BCUT2D eigenvalue weighted by Crippen LogP contribution is 2.30. The van der Waals surface area contributed by atoms with Crippen molar-refractivity contribution in [3.63, 3.8) is 0 Å². The Morgan fingerprint density at radius 1 is 0.833 bits per heavy atom. The molecular formula is C26H26FN3O6. The van der Waals surface area contributed by atoms with Gasteiger partial charge < -0.3 is 24.3 Å². The van der Waals surface area contributed by atoms with Gasteiger partial charge in [-0.3, -0.25) is 9.59 Å². The number of nitrogens with one attached hydrogen (secondary N) is 2. The maximum absolute atomic E-state index is 13.1. The molecule has 188 valence electrons. The summed E-state index contributed by atoms with van der Waals surface area (Å²) in [6.07, 6.45) is 0. The fraction of sp³-hybridized carbons (Fsp3) is 0.192. The zero-order valence-electron chi connectivity index (χ0n) is 20.3. The number of rotatable bonds is 9. The number of benzene rings is 3. The van der Waals surface area contributed by atoms with E-state index in [1.54, 1.807) is 55.5 Å². The lowest BCUT2D eigenvalue weighted by molar-refractivity contribution is -0.136. The Bertz CT molecular complexity index is 1260. The van der Waals surface area contributed by atoms with E-state index in [4.69, 9.17) is 18.9 Å². The van der Waals surface area contributed by atoms with E-state index in [-0.39, 0.29) is 12.4 Å². The summed E-state index contributed by atoms with van der Waals surface area (Å²) in [5, 5.41) is 6.48. The van der Waals surface area contributed by atoms with Crippen LogP contribution in [0.4, 0.5) is 10.1 Å². The SMILES string of the molecule is COc1ccc(NC(=O)C(=O)N/N=C(\C)c2ccc(OCc3ccc(F)cc3)c(OC)c2)c(OC)c1. The van der Waals surface area contributed by atoms with Crippen molar-refractivity contribution in [3.8, 4) is 23.0 Å². The normalized spacial score (nSPS) is 10.9. The van der Waals surface area contributed by atoms with Crippen LogP contribution in [-0.4, -0.2) is 38.9 Å². The largest absolute Gasteiger partial charge is 0.497 e. The summed E-state index contributed by atoms with van der Waals surface area (Å²) in [6.45, 7) is 1.89. The van der Waals surface area contributed by atoms with Gasteiger partial charge in [-0.25, -0.2) is 9.82 Å². The van der Waals surface area contributed by atoms with Crippen LogP contribution in [0.1, 0.15) is 18.1 Å². The summed E-state index contributed by atoms with van der Waals surface area (Å²) in [4.78, 5) is 24.6. The zero-order chi connectivity index (χ0) is 26.1. The van der Waals surface area contributed by atoms with Crippen LogP contribution in [0.15, 0.2) is 65.8 Å². The van der Waals surface area contributed by atoms with Crippen molar-refractivity contribution in [2.75, 3.05) is 26.6 Å². The van der Waals surface area contributed by atoms with E-state index in [1.165, 1.54) is 33.5 Å². The van der Waals surface area contributed by atoms with E-state index in [0.717, 1.165) is 5.56 Å². The first-order chi connectivity index (χ1) is 17.3. The Labute approximate surface area is 207 Å². The van der Waals surface area contributed by atoms with Gasteiger partial charge in [-0.15, -0.1) is 0 Å². The van der Waals surface area contributed by atoms with Crippen molar-refractivity contribution in [2.45, 2.75) is 13.5 Å². The second-order valence-electron chi connectivity index (χ2n) is 7.44. The number of carbonyl (C=O) groups is 2. The Morgan fingerprint density at radius 2 is 1.56 bits per heavy atom. The molecule has 0 aliphatic carbocycles. The molecule has 0 aromatic heterocycles. The predicted octanol–water partition coefficient (Wildman–Crippen LogP) is 3.91. The molecule has 3 rings (SSSR count). The fourth-order valence-corrected chi connectivity index (χ4v) is 3.08. The zero-order valence-corrected chi connectivity index (χ0v) is 20.3.